The zero-order chi connectivity index (χ0) is 13.1. The quantitative estimate of drug-likeness (QED) is 0.883. The van der Waals surface area contributed by atoms with Gasteiger partial charge >= 0.3 is 6.01 Å². The van der Waals surface area contributed by atoms with Crippen LogP contribution in [0.1, 0.15) is 0 Å². The molecule has 0 spiro atoms. The Kier molecular flexibility index (Phi) is 3.22. The minimum atomic E-state index is -0.507. The van der Waals surface area contributed by atoms with Gasteiger partial charge in [-0.3, -0.25) is 0 Å². The third-order valence-electron chi connectivity index (χ3n) is 2.22. The van der Waals surface area contributed by atoms with Gasteiger partial charge in [0.05, 0.1) is 14.2 Å². The molecular weight excluding hydrogens is 239 g/mol. The number of hydrogen-bond acceptors (Lipinski definition) is 6. The number of nitrogens with zero attached hydrogens (tertiary/aromatic N) is 3. The maximum atomic E-state index is 13.6. The predicted octanol–water partition coefficient (Wildman–Crippen LogP) is 1.28. The van der Waals surface area contributed by atoms with E-state index < -0.39 is 5.82 Å². The van der Waals surface area contributed by atoms with Gasteiger partial charge in [0.2, 0.25) is 5.95 Å². The number of aromatic nitrogens is 3. The first-order valence-corrected chi connectivity index (χ1v) is 5.03. The fraction of sp³-hybridized carbons (Fsp3) is 0.182. The third-order valence-corrected chi connectivity index (χ3v) is 2.22. The van der Waals surface area contributed by atoms with Crippen molar-refractivity contribution in [2.24, 2.45) is 0 Å². The van der Waals surface area contributed by atoms with E-state index in [-0.39, 0.29) is 23.5 Å². The molecule has 1 heterocycles. The van der Waals surface area contributed by atoms with Crippen LogP contribution in [0.5, 0.6) is 11.8 Å². The maximum Gasteiger partial charge on any atom is 0.321 e. The first-order chi connectivity index (χ1) is 8.63. The Hall–Kier alpha value is -2.44. The molecule has 0 atom stereocenters. The Morgan fingerprint density at radius 3 is 2.50 bits per heavy atom. The molecule has 2 aromatic rings. The van der Waals surface area contributed by atoms with Gasteiger partial charge in [0.1, 0.15) is 0 Å². The van der Waals surface area contributed by atoms with Crippen LogP contribution < -0.4 is 15.2 Å². The van der Waals surface area contributed by atoms with Crippen LogP contribution in [0.15, 0.2) is 18.2 Å². The monoisotopic (exact) mass is 250 g/mol. The van der Waals surface area contributed by atoms with Crippen molar-refractivity contribution < 1.29 is 13.9 Å². The lowest BCUT2D eigenvalue weighted by molar-refractivity contribution is 0.379. The second-order valence-corrected chi connectivity index (χ2v) is 3.35. The number of ether oxygens (including phenoxy) is 2. The Balaban J connectivity index is 2.48. The highest BCUT2D eigenvalue weighted by atomic mass is 19.1. The topological polar surface area (TPSA) is 83.2 Å². The third kappa shape index (κ3) is 2.29. The maximum absolute atomic E-state index is 13.6. The summed E-state index contributed by atoms with van der Waals surface area (Å²) in [7, 11) is 2.80. The minimum absolute atomic E-state index is 0.00748. The molecule has 0 radical (unpaired) electrons. The molecule has 0 fully saturated rings. The zero-order valence-electron chi connectivity index (χ0n) is 9.85. The predicted molar refractivity (Wildman–Crippen MR) is 62.7 cm³/mol. The van der Waals surface area contributed by atoms with Gasteiger partial charge in [0.15, 0.2) is 17.4 Å². The molecule has 0 amide bonds. The van der Waals surface area contributed by atoms with Crippen molar-refractivity contribution in [3.63, 3.8) is 0 Å². The van der Waals surface area contributed by atoms with E-state index in [0.29, 0.717) is 5.56 Å². The highest BCUT2D eigenvalue weighted by Crippen LogP contribution is 2.24. The van der Waals surface area contributed by atoms with E-state index >= 15 is 0 Å². The molecular formula is C11H11FN4O2. The van der Waals surface area contributed by atoms with Gasteiger partial charge in [0.25, 0.3) is 0 Å². The molecule has 1 aromatic heterocycles. The highest BCUT2D eigenvalue weighted by Gasteiger charge is 2.10. The van der Waals surface area contributed by atoms with Gasteiger partial charge in [-0.25, -0.2) is 4.39 Å². The van der Waals surface area contributed by atoms with E-state index in [1.165, 1.54) is 26.4 Å². The molecule has 0 aliphatic heterocycles. The van der Waals surface area contributed by atoms with Crippen molar-refractivity contribution in [3.8, 4) is 23.1 Å². The highest BCUT2D eigenvalue weighted by molar-refractivity contribution is 5.57. The summed E-state index contributed by atoms with van der Waals surface area (Å²) in [6, 6.07) is 4.44. The van der Waals surface area contributed by atoms with Crippen molar-refractivity contribution in [2.75, 3.05) is 20.0 Å². The number of methoxy groups -OCH3 is 2. The van der Waals surface area contributed by atoms with Crippen LogP contribution in [0, 0.1) is 5.82 Å². The first-order valence-electron chi connectivity index (χ1n) is 5.03. The number of anilines is 1. The second-order valence-electron chi connectivity index (χ2n) is 3.35. The van der Waals surface area contributed by atoms with Crippen LogP contribution in [0.3, 0.4) is 0 Å². The summed E-state index contributed by atoms with van der Waals surface area (Å²) >= 11 is 0. The van der Waals surface area contributed by atoms with Crippen molar-refractivity contribution in [2.45, 2.75) is 0 Å². The summed E-state index contributed by atoms with van der Waals surface area (Å²) < 4.78 is 23.3. The molecule has 6 nitrogen and oxygen atoms in total. The van der Waals surface area contributed by atoms with Gasteiger partial charge < -0.3 is 15.2 Å². The van der Waals surface area contributed by atoms with E-state index in [1.54, 1.807) is 6.07 Å². The van der Waals surface area contributed by atoms with Crippen molar-refractivity contribution in [1.82, 2.24) is 15.0 Å². The second kappa shape index (κ2) is 4.82. The summed E-state index contributed by atoms with van der Waals surface area (Å²) in [5.41, 5.74) is 5.96. The first kappa shape index (κ1) is 12.0. The molecule has 1 aromatic carbocycles. The Morgan fingerprint density at radius 2 is 1.89 bits per heavy atom. The zero-order valence-corrected chi connectivity index (χ0v) is 9.85. The number of halogens is 1. The van der Waals surface area contributed by atoms with Crippen LogP contribution in [-0.2, 0) is 0 Å². The van der Waals surface area contributed by atoms with Crippen LogP contribution in [0.25, 0.3) is 11.4 Å². The van der Waals surface area contributed by atoms with Gasteiger partial charge in [-0.15, -0.1) is 0 Å². The molecule has 2 N–H and O–H groups in total. The molecule has 7 heteroatoms. The molecule has 0 saturated heterocycles. The number of nitrogen functional groups attached to an aromatic ring is 1. The molecule has 94 valence electrons. The molecule has 0 aliphatic carbocycles. The molecule has 18 heavy (non-hydrogen) atoms. The Morgan fingerprint density at radius 1 is 1.11 bits per heavy atom. The molecule has 0 unspecified atom stereocenters. The van der Waals surface area contributed by atoms with Crippen molar-refractivity contribution >= 4 is 5.95 Å². The lowest BCUT2D eigenvalue weighted by Crippen LogP contribution is -2.02. The lowest BCUT2D eigenvalue weighted by Gasteiger charge is -2.05. The molecule has 0 bridgehead atoms. The molecule has 0 saturated carbocycles. The lowest BCUT2D eigenvalue weighted by atomic mass is 10.2. The van der Waals surface area contributed by atoms with Gasteiger partial charge in [0, 0.05) is 5.56 Å². The average molecular weight is 250 g/mol. The van der Waals surface area contributed by atoms with Crippen LogP contribution in [0.2, 0.25) is 0 Å². The molecule has 0 aliphatic rings. The van der Waals surface area contributed by atoms with Crippen molar-refractivity contribution in [3.05, 3.63) is 24.0 Å². The van der Waals surface area contributed by atoms with Crippen LogP contribution in [-0.4, -0.2) is 29.2 Å². The normalized spacial score (nSPS) is 10.2. The summed E-state index contributed by atoms with van der Waals surface area (Å²) in [6.07, 6.45) is 0. The van der Waals surface area contributed by atoms with E-state index in [2.05, 4.69) is 15.0 Å². The Labute approximate surface area is 103 Å². The van der Waals surface area contributed by atoms with Crippen molar-refractivity contribution in [1.29, 1.82) is 0 Å². The summed E-state index contributed by atoms with van der Waals surface area (Å²) in [5, 5.41) is 0. The SMILES string of the molecule is COc1nc(N)nc(-c2ccc(OC)c(F)c2)n1. The Bertz CT molecular complexity index is 577. The van der Waals surface area contributed by atoms with E-state index in [9.17, 15) is 4.39 Å². The summed E-state index contributed by atoms with van der Waals surface area (Å²) in [4.78, 5) is 11.7. The smallest absolute Gasteiger partial charge is 0.321 e. The largest absolute Gasteiger partial charge is 0.494 e. The standard InChI is InChI=1S/C11H11FN4O2/c1-17-8-4-3-6(5-7(8)12)9-14-10(13)16-11(15-9)18-2/h3-5H,1-2H3,(H2,13,14,15,16). The van der Waals surface area contributed by atoms with E-state index in [4.69, 9.17) is 15.2 Å². The summed E-state index contributed by atoms with van der Waals surface area (Å²) in [6.45, 7) is 0. The van der Waals surface area contributed by atoms with Gasteiger partial charge in [-0.2, -0.15) is 15.0 Å². The fourth-order valence-corrected chi connectivity index (χ4v) is 1.40. The van der Waals surface area contributed by atoms with Crippen LogP contribution in [0.4, 0.5) is 10.3 Å². The van der Waals surface area contributed by atoms with E-state index in [1.807, 2.05) is 0 Å². The van der Waals surface area contributed by atoms with E-state index in [0.717, 1.165) is 0 Å². The molecule has 2 rings (SSSR count). The fourth-order valence-electron chi connectivity index (χ4n) is 1.40. The van der Waals surface area contributed by atoms with Crippen LogP contribution >= 0.6 is 0 Å². The van der Waals surface area contributed by atoms with Gasteiger partial charge in [-0.05, 0) is 18.2 Å². The summed E-state index contributed by atoms with van der Waals surface area (Å²) in [5.74, 6) is -0.116. The minimum Gasteiger partial charge on any atom is -0.494 e. The number of nitrogens with two attached hydrogens (primary N) is 1. The average Bonchev–Trinajstić information content (AvgIpc) is 2.37. The number of benzene rings is 1. The number of rotatable bonds is 3. The van der Waals surface area contributed by atoms with Gasteiger partial charge in [-0.1, -0.05) is 0 Å². The number of hydrogen-bond donors (Lipinski definition) is 1.